The van der Waals surface area contributed by atoms with Gasteiger partial charge >= 0.3 is 0 Å². The molecule has 0 aliphatic rings. The van der Waals surface area contributed by atoms with Crippen LogP contribution in [0.3, 0.4) is 0 Å². The van der Waals surface area contributed by atoms with Crippen molar-refractivity contribution in [3.63, 3.8) is 0 Å². The maximum atomic E-state index is 4.22. The third kappa shape index (κ3) is 3.44. The predicted molar refractivity (Wildman–Crippen MR) is 81.3 cm³/mol. The Morgan fingerprint density at radius 1 is 1.00 bits per heavy atom. The average molecular weight is 303 g/mol. The summed E-state index contributed by atoms with van der Waals surface area (Å²) in [6, 6.07) is 14.2. The van der Waals surface area contributed by atoms with Crippen molar-refractivity contribution in [3.05, 3.63) is 63.6 Å². The zero-order valence-electron chi connectivity index (χ0n) is 10.4. The minimum Gasteiger partial charge on any atom is -0.278 e. The van der Waals surface area contributed by atoms with Gasteiger partial charge in [-0.25, -0.2) is 0 Å². The monoisotopic (exact) mass is 302 g/mol. The minimum atomic E-state index is 1.01. The maximum absolute atomic E-state index is 4.22. The fourth-order valence-corrected chi connectivity index (χ4v) is 1.81. The Labute approximate surface area is 116 Å². The molecule has 2 rings (SSSR count). The average Bonchev–Trinajstić information content (AvgIpc) is 2.36. The molecule has 0 atom stereocenters. The third-order valence-electron chi connectivity index (χ3n) is 2.78. The molecule has 0 saturated carbocycles. The van der Waals surface area contributed by atoms with E-state index < -0.39 is 0 Å². The fraction of sp³-hybridized carbons (Fsp3) is 0.133. The van der Waals surface area contributed by atoms with E-state index in [9.17, 15) is 0 Å². The molecular formula is C15H15BrN2. The lowest BCUT2D eigenvalue weighted by Gasteiger charge is -2.04. The number of hydrogen-bond acceptors (Lipinski definition) is 2. The minimum absolute atomic E-state index is 1.01. The second kappa shape index (κ2) is 5.83. The Balaban J connectivity index is 2.02. The molecule has 2 aromatic rings. The van der Waals surface area contributed by atoms with E-state index in [0.29, 0.717) is 0 Å². The Bertz CT molecular complexity index is 559. The molecule has 2 aromatic carbocycles. The molecule has 2 nitrogen and oxygen atoms in total. The van der Waals surface area contributed by atoms with E-state index in [4.69, 9.17) is 0 Å². The van der Waals surface area contributed by atoms with Gasteiger partial charge in [-0.2, -0.15) is 5.10 Å². The van der Waals surface area contributed by atoms with Crippen LogP contribution in [0, 0.1) is 13.8 Å². The highest BCUT2D eigenvalue weighted by Crippen LogP contribution is 2.14. The van der Waals surface area contributed by atoms with Crippen LogP contribution in [0.25, 0.3) is 0 Å². The molecule has 3 heteroatoms. The van der Waals surface area contributed by atoms with Gasteiger partial charge in [-0.05, 0) is 54.8 Å². The molecule has 18 heavy (non-hydrogen) atoms. The number of aryl methyl sites for hydroxylation is 2. The summed E-state index contributed by atoms with van der Waals surface area (Å²) in [4.78, 5) is 0. The summed E-state index contributed by atoms with van der Waals surface area (Å²) in [5.41, 5.74) is 7.66. The van der Waals surface area contributed by atoms with Crippen molar-refractivity contribution in [1.82, 2.24) is 0 Å². The molecule has 0 fully saturated rings. The summed E-state index contributed by atoms with van der Waals surface area (Å²) in [7, 11) is 0. The van der Waals surface area contributed by atoms with Gasteiger partial charge in [0.15, 0.2) is 0 Å². The topological polar surface area (TPSA) is 24.4 Å². The van der Waals surface area contributed by atoms with Crippen molar-refractivity contribution in [2.24, 2.45) is 5.10 Å². The van der Waals surface area contributed by atoms with E-state index in [1.165, 1.54) is 11.1 Å². The van der Waals surface area contributed by atoms with Crippen molar-refractivity contribution >= 4 is 27.8 Å². The fourth-order valence-electron chi connectivity index (χ4n) is 1.54. The largest absolute Gasteiger partial charge is 0.278 e. The van der Waals surface area contributed by atoms with Crippen molar-refractivity contribution in [2.75, 3.05) is 5.43 Å². The van der Waals surface area contributed by atoms with E-state index in [-0.39, 0.29) is 0 Å². The highest BCUT2D eigenvalue weighted by Gasteiger charge is 1.94. The molecule has 1 N–H and O–H groups in total. The van der Waals surface area contributed by atoms with Gasteiger partial charge in [0, 0.05) is 4.47 Å². The predicted octanol–water partition coefficient (Wildman–Crippen LogP) is 4.51. The molecule has 0 aliphatic carbocycles. The van der Waals surface area contributed by atoms with Crippen molar-refractivity contribution in [1.29, 1.82) is 0 Å². The van der Waals surface area contributed by atoms with Gasteiger partial charge in [0.1, 0.15) is 0 Å². The zero-order valence-corrected chi connectivity index (χ0v) is 12.0. The van der Waals surface area contributed by atoms with Gasteiger partial charge < -0.3 is 0 Å². The lowest BCUT2D eigenvalue weighted by Crippen LogP contribution is -1.92. The van der Waals surface area contributed by atoms with Crippen LogP contribution in [0.2, 0.25) is 0 Å². The first-order chi connectivity index (χ1) is 8.65. The van der Waals surface area contributed by atoms with Gasteiger partial charge in [0.2, 0.25) is 0 Å². The Kier molecular flexibility index (Phi) is 4.15. The number of halogens is 1. The molecule has 0 saturated heterocycles. The van der Waals surface area contributed by atoms with Crippen LogP contribution in [0.4, 0.5) is 5.69 Å². The van der Waals surface area contributed by atoms with Crippen LogP contribution in [-0.4, -0.2) is 6.21 Å². The first kappa shape index (κ1) is 12.8. The van der Waals surface area contributed by atoms with E-state index in [2.05, 4.69) is 52.4 Å². The van der Waals surface area contributed by atoms with Gasteiger partial charge in [-0.1, -0.05) is 34.1 Å². The van der Waals surface area contributed by atoms with Gasteiger partial charge in [0.05, 0.1) is 11.9 Å². The smallest absolute Gasteiger partial charge is 0.0564 e. The first-order valence-electron chi connectivity index (χ1n) is 5.77. The number of nitrogens with one attached hydrogen (secondary N) is 1. The lowest BCUT2D eigenvalue weighted by molar-refractivity contribution is 1.29. The normalized spacial score (nSPS) is 10.8. The maximum Gasteiger partial charge on any atom is 0.0564 e. The van der Waals surface area contributed by atoms with Gasteiger partial charge in [-0.3, -0.25) is 5.43 Å². The highest BCUT2D eigenvalue weighted by molar-refractivity contribution is 9.10. The summed E-state index contributed by atoms with van der Waals surface area (Å²) in [6.45, 7) is 4.20. The second-order valence-corrected chi connectivity index (χ2v) is 5.14. The summed E-state index contributed by atoms with van der Waals surface area (Å²) in [6.07, 6.45) is 1.81. The van der Waals surface area contributed by atoms with E-state index in [1.54, 1.807) is 0 Å². The second-order valence-electron chi connectivity index (χ2n) is 4.22. The summed E-state index contributed by atoms with van der Waals surface area (Å²) < 4.78 is 1.07. The summed E-state index contributed by atoms with van der Waals surface area (Å²) in [5, 5.41) is 4.22. The van der Waals surface area contributed by atoms with Crippen molar-refractivity contribution in [3.8, 4) is 0 Å². The molecule has 0 aromatic heterocycles. The standard InChI is InChI=1S/C15H15BrN2/c1-11-3-8-15(9-12(11)2)18-17-10-13-4-6-14(16)7-5-13/h3-10,18H,1-2H3/b17-10+. The van der Waals surface area contributed by atoms with Crippen LogP contribution < -0.4 is 5.43 Å². The van der Waals surface area contributed by atoms with Crippen LogP contribution in [0.15, 0.2) is 52.0 Å². The Hall–Kier alpha value is -1.61. The molecule has 0 amide bonds. The van der Waals surface area contributed by atoms with Crippen LogP contribution in [0.5, 0.6) is 0 Å². The molecule has 0 heterocycles. The number of rotatable bonds is 3. The molecule has 0 radical (unpaired) electrons. The molecule has 0 unspecified atom stereocenters. The van der Waals surface area contributed by atoms with Crippen LogP contribution >= 0.6 is 15.9 Å². The number of hydrogen-bond donors (Lipinski definition) is 1. The third-order valence-corrected chi connectivity index (χ3v) is 3.31. The Morgan fingerprint density at radius 3 is 2.39 bits per heavy atom. The number of anilines is 1. The van der Waals surface area contributed by atoms with Crippen molar-refractivity contribution < 1.29 is 0 Å². The summed E-state index contributed by atoms with van der Waals surface area (Å²) >= 11 is 3.40. The van der Waals surface area contributed by atoms with Crippen LogP contribution in [-0.2, 0) is 0 Å². The first-order valence-corrected chi connectivity index (χ1v) is 6.56. The zero-order chi connectivity index (χ0) is 13.0. The van der Waals surface area contributed by atoms with E-state index in [0.717, 1.165) is 15.7 Å². The highest BCUT2D eigenvalue weighted by atomic mass is 79.9. The molecule has 0 bridgehead atoms. The number of hydrazone groups is 1. The van der Waals surface area contributed by atoms with Gasteiger partial charge in [0.25, 0.3) is 0 Å². The van der Waals surface area contributed by atoms with Crippen LogP contribution in [0.1, 0.15) is 16.7 Å². The molecule has 92 valence electrons. The van der Waals surface area contributed by atoms with E-state index in [1.807, 2.05) is 36.5 Å². The molecule has 0 aliphatic heterocycles. The molecule has 0 spiro atoms. The SMILES string of the molecule is Cc1ccc(N/N=C/c2ccc(Br)cc2)cc1C. The number of nitrogens with zero attached hydrogens (tertiary/aromatic N) is 1. The quantitative estimate of drug-likeness (QED) is 0.654. The molecular weight excluding hydrogens is 288 g/mol. The van der Waals surface area contributed by atoms with Gasteiger partial charge in [-0.15, -0.1) is 0 Å². The van der Waals surface area contributed by atoms with Crippen molar-refractivity contribution in [2.45, 2.75) is 13.8 Å². The lowest BCUT2D eigenvalue weighted by atomic mass is 10.1. The Morgan fingerprint density at radius 2 is 1.72 bits per heavy atom. The van der Waals surface area contributed by atoms with E-state index >= 15 is 0 Å². The summed E-state index contributed by atoms with van der Waals surface area (Å²) in [5.74, 6) is 0. The number of benzene rings is 2.